The fourth-order valence-corrected chi connectivity index (χ4v) is 2.60. The van der Waals surface area contributed by atoms with Crippen LogP contribution in [0.3, 0.4) is 0 Å². The molecule has 2 N–H and O–H groups in total. The summed E-state index contributed by atoms with van der Waals surface area (Å²) in [4.78, 5) is 26.3. The predicted octanol–water partition coefficient (Wildman–Crippen LogP) is 2.30. The summed E-state index contributed by atoms with van der Waals surface area (Å²) in [6.07, 6.45) is -2.81. The van der Waals surface area contributed by atoms with Crippen LogP contribution in [0.2, 0.25) is 0 Å². The van der Waals surface area contributed by atoms with Crippen molar-refractivity contribution in [3.8, 4) is 0 Å². The molecule has 1 amide bonds. The van der Waals surface area contributed by atoms with Crippen molar-refractivity contribution >= 4 is 5.91 Å². The molecule has 0 radical (unpaired) electrons. The first kappa shape index (κ1) is 17.5. The standard InChI is InChI=1S/C15H19F3N2O3/c1-9-2-7-12(13(21)19-9)14(22)20-10-3-5-11(6-4-10)23-8-15(16,17)18/h2,7,10-11H,3-6,8H2,1H3,(H,19,21)(H,20,22). The number of amides is 1. The number of nitrogens with one attached hydrogen (secondary N) is 2. The lowest BCUT2D eigenvalue weighted by Crippen LogP contribution is -2.41. The number of alkyl halides is 3. The smallest absolute Gasteiger partial charge is 0.369 e. The number of aromatic nitrogens is 1. The number of aromatic amines is 1. The van der Waals surface area contributed by atoms with Crippen LogP contribution in [0.5, 0.6) is 0 Å². The maximum Gasteiger partial charge on any atom is 0.411 e. The van der Waals surface area contributed by atoms with Gasteiger partial charge in [-0.1, -0.05) is 0 Å². The first-order chi connectivity index (χ1) is 10.7. The highest BCUT2D eigenvalue weighted by atomic mass is 19.4. The van der Waals surface area contributed by atoms with Crippen LogP contribution >= 0.6 is 0 Å². The van der Waals surface area contributed by atoms with Crippen LogP contribution in [-0.4, -0.2) is 35.8 Å². The number of halogens is 3. The van der Waals surface area contributed by atoms with Gasteiger partial charge >= 0.3 is 6.18 Å². The lowest BCUT2D eigenvalue weighted by molar-refractivity contribution is -0.188. The van der Waals surface area contributed by atoms with Crippen LogP contribution in [0.25, 0.3) is 0 Å². The summed E-state index contributed by atoms with van der Waals surface area (Å²) in [6.45, 7) is 0.471. The van der Waals surface area contributed by atoms with E-state index >= 15 is 0 Å². The molecule has 0 saturated heterocycles. The third-order valence-corrected chi connectivity index (χ3v) is 3.79. The van der Waals surface area contributed by atoms with Gasteiger partial charge in [-0.15, -0.1) is 0 Å². The van der Waals surface area contributed by atoms with Crippen LogP contribution in [0.4, 0.5) is 13.2 Å². The van der Waals surface area contributed by atoms with E-state index in [9.17, 15) is 22.8 Å². The topological polar surface area (TPSA) is 71.2 Å². The molecule has 1 aliphatic carbocycles. The first-order valence-corrected chi connectivity index (χ1v) is 7.44. The van der Waals surface area contributed by atoms with Crippen molar-refractivity contribution in [2.75, 3.05) is 6.61 Å². The third-order valence-electron chi connectivity index (χ3n) is 3.79. The lowest BCUT2D eigenvalue weighted by atomic mass is 9.92. The van der Waals surface area contributed by atoms with E-state index in [1.807, 2.05) is 0 Å². The molecule has 0 aliphatic heterocycles. The molecule has 0 spiro atoms. The predicted molar refractivity (Wildman–Crippen MR) is 77.3 cm³/mol. The van der Waals surface area contributed by atoms with E-state index in [1.54, 1.807) is 13.0 Å². The van der Waals surface area contributed by atoms with Crippen molar-refractivity contribution in [2.45, 2.75) is 50.9 Å². The highest BCUT2D eigenvalue weighted by Gasteiger charge is 2.31. The Kier molecular flexibility index (Phi) is 5.46. The number of carbonyl (C=O) groups is 1. The second-order valence-corrected chi connectivity index (χ2v) is 5.76. The fraction of sp³-hybridized carbons (Fsp3) is 0.600. The SMILES string of the molecule is Cc1ccc(C(=O)NC2CCC(OCC(F)(F)F)CC2)c(=O)[nH]1. The summed E-state index contributed by atoms with van der Waals surface area (Å²) >= 11 is 0. The first-order valence-electron chi connectivity index (χ1n) is 7.44. The zero-order chi connectivity index (χ0) is 17.0. The average Bonchev–Trinajstić information content (AvgIpc) is 2.45. The maximum atomic E-state index is 12.1. The van der Waals surface area contributed by atoms with Gasteiger partial charge in [0.15, 0.2) is 0 Å². The van der Waals surface area contributed by atoms with Crippen molar-refractivity contribution in [1.29, 1.82) is 0 Å². The molecule has 128 valence electrons. The number of ether oxygens (including phenoxy) is 1. The zero-order valence-electron chi connectivity index (χ0n) is 12.7. The van der Waals surface area contributed by atoms with Crippen molar-refractivity contribution in [2.24, 2.45) is 0 Å². The molecule has 2 rings (SSSR count). The Morgan fingerprint density at radius 1 is 1.30 bits per heavy atom. The Balaban J connectivity index is 1.82. The number of aryl methyl sites for hydroxylation is 1. The highest BCUT2D eigenvalue weighted by molar-refractivity contribution is 5.93. The van der Waals surface area contributed by atoms with Gasteiger partial charge in [-0.05, 0) is 44.7 Å². The Bertz CT molecular complexity index is 605. The quantitative estimate of drug-likeness (QED) is 0.889. The van der Waals surface area contributed by atoms with E-state index in [4.69, 9.17) is 4.74 Å². The molecule has 1 aliphatic rings. The van der Waals surface area contributed by atoms with E-state index in [0.717, 1.165) is 0 Å². The molecule has 5 nitrogen and oxygen atoms in total. The molecule has 0 aromatic carbocycles. The average molecular weight is 332 g/mol. The minimum absolute atomic E-state index is 0.0334. The number of rotatable bonds is 4. The maximum absolute atomic E-state index is 12.1. The van der Waals surface area contributed by atoms with Gasteiger partial charge in [0, 0.05) is 11.7 Å². The third kappa shape index (κ3) is 5.38. The molecular formula is C15H19F3N2O3. The Labute approximate surface area is 131 Å². The molecule has 0 atom stereocenters. The molecule has 0 unspecified atom stereocenters. The van der Waals surface area contributed by atoms with Gasteiger partial charge < -0.3 is 15.0 Å². The largest absolute Gasteiger partial charge is 0.411 e. The summed E-state index contributed by atoms with van der Waals surface area (Å²) in [5, 5.41) is 2.75. The van der Waals surface area contributed by atoms with Crippen LogP contribution in [-0.2, 0) is 4.74 Å². The van der Waals surface area contributed by atoms with Crippen molar-refractivity contribution in [3.63, 3.8) is 0 Å². The summed E-state index contributed by atoms with van der Waals surface area (Å²) in [5.41, 5.74) is 0.240. The number of pyridine rings is 1. The van der Waals surface area contributed by atoms with Gasteiger partial charge in [0.05, 0.1) is 6.10 Å². The zero-order valence-corrected chi connectivity index (χ0v) is 12.7. The van der Waals surface area contributed by atoms with Gasteiger partial charge in [-0.2, -0.15) is 13.2 Å². The van der Waals surface area contributed by atoms with Crippen molar-refractivity contribution in [3.05, 3.63) is 33.7 Å². The summed E-state index contributed by atoms with van der Waals surface area (Å²) < 4.78 is 41.1. The van der Waals surface area contributed by atoms with Crippen LogP contribution in [0.1, 0.15) is 41.7 Å². The van der Waals surface area contributed by atoms with Gasteiger partial charge in [0.25, 0.3) is 11.5 Å². The molecule has 23 heavy (non-hydrogen) atoms. The number of carbonyl (C=O) groups excluding carboxylic acids is 1. The Hall–Kier alpha value is -1.83. The van der Waals surface area contributed by atoms with E-state index in [-0.39, 0.29) is 11.6 Å². The van der Waals surface area contributed by atoms with Crippen LogP contribution in [0.15, 0.2) is 16.9 Å². The molecule has 0 bridgehead atoms. The minimum Gasteiger partial charge on any atom is -0.369 e. The molecule has 8 heteroatoms. The van der Waals surface area contributed by atoms with Crippen LogP contribution < -0.4 is 10.9 Å². The number of hydrogen-bond acceptors (Lipinski definition) is 3. The highest BCUT2D eigenvalue weighted by Crippen LogP contribution is 2.24. The van der Waals surface area contributed by atoms with E-state index in [1.165, 1.54) is 6.07 Å². The normalized spacial score (nSPS) is 21.9. The molecular weight excluding hydrogens is 313 g/mol. The van der Waals surface area contributed by atoms with Crippen molar-refractivity contribution in [1.82, 2.24) is 10.3 Å². The number of hydrogen-bond donors (Lipinski definition) is 2. The molecule has 1 fully saturated rings. The van der Waals surface area contributed by atoms with Gasteiger partial charge in [0.2, 0.25) is 0 Å². The summed E-state index contributed by atoms with van der Waals surface area (Å²) in [6, 6.07) is 2.94. The monoisotopic (exact) mass is 332 g/mol. The summed E-state index contributed by atoms with van der Waals surface area (Å²) in [7, 11) is 0. The van der Waals surface area contributed by atoms with Crippen LogP contribution in [0, 0.1) is 6.92 Å². The molecule has 1 heterocycles. The molecule has 1 aromatic rings. The Morgan fingerprint density at radius 2 is 1.96 bits per heavy atom. The Morgan fingerprint density at radius 3 is 2.52 bits per heavy atom. The van der Waals surface area contributed by atoms with E-state index in [0.29, 0.717) is 31.4 Å². The van der Waals surface area contributed by atoms with Gasteiger partial charge in [0.1, 0.15) is 12.2 Å². The van der Waals surface area contributed by atoms with Gasteiger partial charge in [-0.25, -0.2) is 0 Å². The molecule has 1 aromatic heterocycles. The summed E-state index contributed by atoms with van der Waals surface area (Å²) in [5.74, 6) is -0.467. The van der Waals surface area contributed by atoms with E-state index in [2.05, 4.69) is 10.3 Å². The van der Waals surface area contributed by atoms with Crippen molar-refractivity contribution < 1.29 is 22.7 Å². The lowest BCUT2D eigenvalue weighted by Gasteiger charge is -2.29. The second-order valence-electron chi connectivity index (χ2n) is 5.76. The second kappa shape index (κ2) is 7.16. The van der Waals surface area contributed by atoms with Gasteiger partial charge in [-0.3, -0.25) is 9.59 Å². The fourth-order valence-electron chi connectivity index (χ4n) is 2.60. The minimum atomic E-state index is -4.32. The van der Waals surface area contributed by atoms with E-state index < -0.39 is 30.4 Å². The number of H-pyrrole nitrogens is 1. The molecule has 1 saturated carbocycles.